The maximum absolute atomic E-state index is 5.29. The average molecular weight is 297 g/mol. The fraction of sp³-hybridized carbons (Fsp3) is 0.250. The Hall–Kier alpha value is -0.870. The van der Waals surface area contributed by atoms with Crippen LogP contribution in [-0.2, 0) is 13.0 Å². The molecule has 1 aromatic carbocycles. The first-order valence-corrected chi connectivity index (χ1v) is 6.42. The summed E-state index contributed by atoms with van der Waals surface area (Å²) in [5, 5.41) is 3.29. The third kappa shape index (κ3) is 2.62. The Bertz CT molecular complexity index is 525. The lowest BCUT2D eigenvalue weighted by atomic mass is 10.2. The van der Waals surface area contributed by atoms with Gasteiger partial charge in [0.1, 0.15) is 4.64 Å². The molecule has 1 N–H and O–H groups in total. The second-order valence-electron chi connectivity index (χ2n) is 3.69. The molecule has 84 valence electrons. The van der Waals surface area contributed by atoms with E-state index >= 15 is 0 Å². The lowest BCUT2D eigenvalue weighted by molar-refractivity contribution is 0.665. The van der Waals surface area contributed by atoms with Gasteiger partial charge in [-0.25, -0.2) is 0 Å². The van der Waals surface area contributed by atoms with Gasteiger partial charge in [0.25, 0.3) is 0 Å². The summed E-state index contributed by atoms with van der Waals surface area (Å²) in [7, 11) is 0. The normalized spacial score (nSPS) is 10.6. The summed E-state index contributed by atoms with van der Waals surface area (Å²) in [5.41, 5.74) is 2.42. The van der Waals surface area contributed by atoms with Crippen LogP contribution in [0.15, 0.2) is 34.8 Å². The highest BCUT2D eigenvalue weighted by atomic mass is 79.9. The van der Waals surface area contributed by atoms with Crippen molar-refractivity contribution in [1.82, 2.24) is 9.78 Å². The number of rotatable bonds is 3. The van der Waals surface area contributed by atoms with Gasteiger partial charge in [-0.2, -0.15) is 0 Å². The van der Waals surface area contributed by atoms with Crippen LogP contribution in [0.2, 0.25) is 0 Å². The molecule has 1 heterocycles. The van der Waals surface area contributed by atoms with Crippen molar-refractivity contribution in [2.75, 3.05) is 0 Å². The van der Waals surface area contributed by atoms with Crippen molar-refractivity contribution in [3.63, 3.8) is 0 Å². The summed E-state index contributed by atoms with van der Waals surface area (Å²) >= 11 is 8.71. The highest BCUT2D eigenvalue weighted by molar-refractivity contribution is 9.10. The summed E-state index contributed by atoms with van der Waals surface area (Å²) in [6.45, 7) is 2.91. The molecule has 2 rings (SSSR count). The van der Waals surface area contributed by atoms with E-state index in [4.69, 9.17) is 12.2 Å². The monoisotopic (exact) mass is 296 g/mol. The van der Waals surface area contributed by atoms with Crippen LogP contribution in [0, 0.1) is 4.64 Å². The lowest BCUT2D eigenvalue weighted by Crippen LogP contribution is -2.02. The first-order valence-electron chi connectivity index (χ1n) is 5.22. The van der Waals surface area contributed by atoms with Gasteiger partial charge < -0.3 is 5.10 Å². The summed E-state index contributed by atoms with van der Waals surface area (Å²) in [6.07, 6.45) is 0.983. The fourth-order valence-corrected chi connectivity index (χ4v) is 2.08. The Morgan fingerprint density at radius 1 is 1.31 bits per heavy atom. The van der Waals surface area contributed by atoms with Crippen LogP contribution < -0.4 is 0 Å². The van der Waals surface area contributed by atoms with E-state index in [0.29, 0.717) is 0 Å². The van der Waals surface area contributed by atoms with Gasteiger partial charge in [-0.05, 0) is 30.2 Å². The fourth-order valence-electron chi connectivity index (χ4n) is 1.56. The number of nitrogens with one attached hydrogen (secondary N) is 1. The number of aromatic nitrogens is 2. The SMILES string of the molecule is CCc1cc(=S)n(Cc2ccc(Br)cc2)[nH]1. The van der Waals surface area contributed by atoms with E-state index in [1.807, 2.05) is 22.9 Å². The summed E-state index contributed by atoms with van der Waals surface area (Å²) in [4.78, 5) is 0. The van der Waals surface area contributed by atoms with Crippen molar-refractivity contribution < 1.29 is 0 Å². The van der Waals surface area contributed by atoms with E-state index in [0.717, 1.165) is 22.1 Å². The molecule has 0 saturated carbocycles. The number of hydrogen-bond acceptors (Lipinski definition) is 1. The van der Waals surface area contributed by atoms with E-state index in [1.54, 1.807) is 0 Å². The van der Waals surface area contributed by atoms with Crippen molar-refractivity contribution in [1.29, 1.82) is 0 Å². The highest BCUT2D eigenvalue weighted by Crippen LogP contribution is 2.12. The van der Waals surface area contributed by atoms with Crippen LogP contribution in [-0.4, -0.2) is 9.78 Å². The van der Waals surface area contributed by atoms with Crippen molar-refractivity contribution in [3.05, 3.63) is 50.7 Å². The lowest BCUT2D eigenvalue weighted by Gasteiger charge is -2.03. The molecule has 0 spiro atoms. The standard InChI is InChI=1S/C12H13BrN2S/c1-2-11-7-12(16)15(14-11)8-9-3-5-10(13)6-4-9/h3-7,14H,2,8H2,1H3. The minimum Gasteiger partial charge on any atom is -0.301 e. The zero-order valence-electron chi connectivity index (χ0n) is 9.03. The zero-order valence-corrected chi connectivity index (χ0v) is 11.4. The maximum Gasteiger partial charge on any atom is 0.122 e. The van der Waals surface area contributed by atoms with Gasteiger partial charge in [0, 0.05) is 10.2 Å². The molecule has 2 aromatic rings. The minimum atomic E-state index is 0.798. The zero-order chi connectivity index (χ0) is 11.5. The largest absolute Gasteiger partial charge is 0.301 e. The maximum atomic E-state index is 5.29. The molecule has 4 heteroatoms. The highest BCUT2D eigenvalue weighted by Gasteiger charge is 1.99. The molecule has 1 aromatic heterocycles. The molecule has 16 heavy (non-hydrogen) atoms. The van der Waals surface area contributed by atoms with Crippen molar-refractivity contribution >= 4 is 28.1 Å². The molecule has 0 aliphatic heterocycles. The number of benzene rings is 1. The molecule has 2 nitrogen and oxygen atoms in total. The minimum absolute atomic E-state index is 0.798. The molecule has 0 fully saturated rings. The molecule has 0 bridgehead atoms. The van der Waals surface area contributed by atoms with E-state index < -0.39 is 0 Å². The Morgan fingerprint density at radius 3 is 2.56 bits per heavy atom. The Labute approximate surface area is 108 Å². The Balaban J connectivity index is 2.23. The van der Waals surface area contributed by atoms with Gasteiger partial charge in [-0.1, -0.05) is 47.2 Å². The number of H-pyrrole nitrogens is 1. The second-order valence-corrected chi connectivity index (χ2v) is 5.02. The Kier molecular flexibility index (Phi) is 3.61. The molecule has 0 aliphatic rings. The number of aromatic amines is 1. The average Bonchev–Trinajstić information content (AvgIpc) is 2.63. The molecular weight excluding hydrogens is 284 g/mol. The van der Waals surface area contributed by atoms with Gasteiger partial charge in [0.2, 0.25) is 0 Å². The van der Waals surface area contributed by atoms with Gasteiger partial charge in [0.05, 0.1) is 6.54 Å². The van der Waals surface area contributed by atoms with Crippen LogP contribution in [0.1, 0.15) is 18.2 Å². The van der Waals surface area contributed by atoms with Crippen LogP contribution in [0.25, 0.3) is 0 Å². The number of halogens is 1. The molecule has 0 amide bonds. The third-order valence-corrected chi connectivity index (χ3v) is 3.34. The van der Waals surface area contributed by atoms with E-state index in [1.165, 1.54) is 11.3 Å². The molecule has 0 radical (unpaired) electrons. The number of aryl methyl sites for hydroxylation is 1. The van der Waals surface area contributed by atoms with Crippen molar-refractivity contribution in [2.24, 2.45) is 0 Å². The van der Waals surface area contributed by atoms with Gasteiger partial charge in [-0.15, -0.1) is 0 Å². The Morgan fingerprint density at radius 2 is 2.00 bits per heavy atom. The first kappa shape index (κ1) is 11.6. The smallest absolute Gasteiger partial charge is 0.122 e. The van der Waals surface area contributed by atoms with Crippen LogP contribution in [0.5, 0.6) is 0 Å². The second kappa shape index (κ2) is 4.97. The topological polar surface area (TPSA) is 20.7 Å². The predicted octanol–water partition coefficient (Wildman–Crippen LogP) is 3.92. The number of nitrogens with zero attached hydrogens (tertiary/aromatic N) is 1. The van der Waals surface area contributed by atoms with E-state index in [9.17, 15) is 0 Å². The number of hydrogen-bond donors (Lipinski definition) is 1. The quantitative estimate of drug-likeness (QED) is 0.852. The van der Waals surface area contributed by atoms with Gasteiger partial charge >= 0.3 is 0 Å². The molecule has 0 saturated heterocycles. The van der Waals surface area contributed by atoms with Crippen LogP contribution in [0.3, 0.4) is 0 Å². The van der Waals surface area contributed by atoms with Gasteiger partial charge in [0.15, 0.2) is 0 Å². The van der Waals surface area contributed by atoms with Crippen LogP contribution >= 0.6 is 28.1 Å². The third-order valence-electron chi connectivity index (χ3n) is 2.48. The molecule has 0 atom stereocenters. The molecule has 0 unspecified atom stereocenters. The van der Waals surface area contributed by atoms with E-state index in [2.05, 4.69) is 40.1 Å². The summed E-state index contributed by atoms with van der Waals surface area (Å²) in [5.74, 6) is 0. The van der Waals surface area contributed by atoms with Crippen molar-refractivity contribution in [2.45, 2.75) is 19.9 Å². The summed E-state index contributed by atoms with van der Waals surface area (Å²) < 4.78 is 3.96. The first-order chi connectivity index (χ1) is 7.69. The molecule has 0 aliphatic carbocycles. The van der Waals surface area contributed by atoms with Crippen molar-refractivity contribution in [3.8, 4) is 0 Å². The molecular formula is C12H13BrN2S. The predicted molar refractivity (Wildman–Crippen MR) is 72.2 cm³/mol. The van der Waals surface area contributed by atoms with Gasteiger partial charge in [-0.3, -0.25) is 4.68 Å². The van der Waals surface area contributed by atoms with E-state index in [-0.39, 0.29) is 0 Å². The summed E-state index contributed by atoms with van der Waals surface area (Å²) in [6, 6.07) is 10.3. The van der Waals surface area contributed by atoms with Crippen LogP contribution in [0.4, 0.5) is 0 Å².